The van der Waals surface area contributed by atoms with E-state index in [-0.39, 0.29) is 23.4 Å². The highest BCUT2D eigenvalue weighted by Crippen LogP contribution is 2.28. The van der Waals surface area contributed by atoms with E-state index in [1.165, 1.54) is 39.4 Å². The third kappa shape index (κ3) is 4.82. The number of ether oxygens (including phenoxy) is 1. The molecule has 0 aliphatic rings. The number of thiophene rings is 1. The van der Waals surface area contributed by atoms with Gasteiger partial charge in [0.2, 0.25) is 15.9 Å². The summed E-state index contributed by atoms with van der Waals surface area (Å²) in [4.78, 5) is 13.5. The Morgan fingerprint density at radius 2 is 2.04 bits per heavy atom. The predicted molar refractivity (Wildman–Crippen MR) is 103 cm³/mol. The average Bonchev–Trinajstić information content (AvgIpc) is 3.14. The van der Waals surface area contributed by atoms with Crippen molar-refractivity contribution in [3.8, 4) is 5.75 Å². The number of nitrogens with one attached hydrogen (secondary N) is 2. The number of carbonyl (C=O) groups is 1. The molecule has 1 atom stereocenters. The Morgan fingerprint density at radius 3 is 2.62 bits per heavy atom. The number of hydrogen-bond donors (Lipinski definition) is 2. The summed E-state index contributed by atoms with van der Waals surface area (Å²) in [5, 5.41) is 7.83. The van der Waals surface area contributed by atoms with Crippen LogP contribution in [0.15, 0.2) is 40.6 Å². The first-order valence-corrected chi connectivity index (χ1v) is 10.2. The summed E-state index contributed by atoms with van der Waals surface area (Å²) < 4.78 is 30.9. The van der Waals surface area contributed by atoms with E-state index in [1.54, 1.807) is 11.3 Å². The third-order valence-electron chi connectivity index (χ3n) is 3.76. The maximum absolute atomic E-state index is 12.3. The van der Waals surface area contributed by atoms with Gasteiger partial charge in [-0.3, -0.25) is 4.79 Å². The highest BCUT2D eigenvalue weighted by Gasteiger charge is 2.20. The molecular weight excluding hydrogens is 374 g/mol. The van der Waals surface area contributed by atoms with Gasteiger partial charge in [0, 0.05) is 25.0 Å². The van der Waals surface area contributed by atoms with Gasteiger partial charge in [-0.2, -0.15) is 0 Å². The van der Waals surface area contributed by atoms with Crippen molar-refractivity contribution in [3.05, 3.63) is 40.6 Å². The van der Waals surface area contributed by atoms with Crippen LogP contribution in [0, 0.1) is 0 Å². The second kappa shape index (κ2) is 8.63. The van der Waals surface area contributed by atoms with Crippen LogP contribution in [0.5, 0.6) is 5.75 Å². The summed E-state index contributed by atoms with van der Waals surface area (Å²) in [7, 11) is 0.761. The smallest absolute Gasteiger partial charge is 0.242 e. The number of amides is 1. The molecule has 1 amide bonds. The molecule has 142 valence electrons. The lowest BCUT2D eigenvalue weighted by molar-refractivity contribution is -0.115. The zero-order chi connectivity index (χ0) is 19.3. The molecule has 0 saturated heterocycles. The number of sulfonamides is 1. The van der Waals surface area contributed by atoms with Crippen molar-refractivity contribution < 1.29 is 17.9 Å². The van der Waals surface area contributed by atoms with E-state index in [0.29, 0.717) is 11.4 Å². The fourth-order valence-electron chi connectivity index (χ4n) is 2.23. The molecular formula is C17H23N3O4S2. The van der Waals surface area contributed by atoms with E-state index in [0.717, 1.165) is 9.18 Å². The van der Waals surface area contributed by atoms with Gasteiger partial charge in [-0.25, -0.2) is 12.7 Å². The minimum atomic E-state index is -3.60. The van der Waals surface area contributed by atoms with Crippen LogP contribution in [-0.4, -0.2) is 46.4 Å². The van der Waals surface area contributed by atoms with Gasteiger partial charge in [-0.15, -0.1) is 11.3 Å². The first kappa shape index (κ1) is 20.4. The maximum Gasteiger partial charge on any atom is 0.242 e. The molecule has 0 radical (unpaired) electrons. The maximum atomic E-state index is 12.3. The number of rotatable bonds is 8. The molecule has 1 aromatic heterocycles. The van der Waals surface area contributed by atoms with Crippen LogP contribution in [0.1, 0.15) is 17.8 Å². The van der Waals surface area contributed by atoms with E-state index in [9.17, 15) is 13.2 Å². The van der Waals surface area contributed by atoms with Gasteiger partial charge in [0.1, 0.15) is 5.75 Å². The molecule has 2 aromatic rings. The highest BCUT2D eigenvalue weighted by molar-refractivity contribution is 7.89. The molecule has 0 fully saturated rings. The zero-order valence-corrected chi connectivity index (χ0v) is 16.8. The Kier molecular flexibility index (Phi) is 6.76. The minimum Gasteiger partial charge on any atom is -0.495 e. The summed E-state index contributed by atoms with van der Waals surface area (Å²) in [6.45, 7) is 2.07. The van der Waals surface area contributed by atoms with Crippen molar-refractivity contribution >= 4 is 33.0 Å². The number of nitrogens with zero attached hydrogens (tertiary/aromatic N) is 1. The van der Waals surface area contributed by atoms with Crippen LogP contribution in [0.3, 0.4) is 0 Å². The minimum absolute atomic E-state index is 0.0445. The number of methoxy groups -OCH3 is 1. The average molecular weight is 398 g/mol. The van der Waals surface area contributed by atoms with Gasteiger partial charge in [-0.1, -0.05) is 6.07 Å². The van der Waals surface area contributed by atoms with Gasteiger partial charge in [0.25, 0.3) is 0 Å². The molecule has 0 aliphatic heterocycles. The normalized spacial score (nSPS) is 12.8. The molecule has 7 nitrogen and oxygen atoms in total. The lowest BCUT2D eigenvalue weighted by Gasteiger charge is -2.16. The molecule has 0 spiro atoms. The Labute approximate surface area is 158 Å². The summed E-state index contributed by atoms with van der Waals surface area (Å²) >= 11 is 1.61. The quantitative estimate of drug-likeness (QED) is 0.714. The number of hydrogen-bond acceptors (Lipinski definition) is 6. The summed E-state index contributed by atoms with van der Waals surface area (Å²) in [6, 6.07) is 8.37. The molecule has 0 aliphatic carbocycles. The van der Waals surface area contributed by atoms with Crippen molar-refractivity contribution in [1.82, 2.24) is 9.62 Å². The Morgan fingerprint density at radius 1 is 1.31 bits per heavy atom. The van der Waals surface area contributed by atoms with Crippen LogP contribution >= 0.6 is 11.3 Å². The second-order valence-electron chi connectivity index (χ2n) is 5.82. The molecule has 1 aromatic carbocycles. The van der Waals surface area contributed by atoms with E-state index >= 15 is 0 Å². The lowest BCUT2D eigenvalue weighted by atomic mass is 10.2. The van der Waals surface area contributed by atoms with Gasteiger partial charge in [-0.05, 0) is 36.6 Å². The summed E-state index contributed by atoms with van der Waals surface area (Å²) in [6.07, 6.45) is 0. The van der Waals surface area contributed by atoms with E-state index in [2.05, 4.69) is 10.6 Å². The van der Waals surface area contributed by atoms with Gasteiger partial charge in [0.15, 0.2) is 0 Å². The third-order valence-corrected chi connectivity index (χ3v) is 6.63. The Balaban J connectivity index is 2.10. The van der Waals surface area contributed by atoms with Crippen molar-refractivity contribution in [2.45, 2.75) is 17.9 Å². The van der Waals surface area contributed by atoms with Crippen LogP contribution < -0.4 is 15.4 Å². The Hall–Kier alpha value is -1.94. The number of anilines is 1. The molecule has 2 rings (SSSR count). The Bertz CT molecular complexity index is 849. The van der Waals surface area contributed by atoms with Crippen molar-refractivity contribution in [3.63, 3.8) is 0 Å². The summed E-state index contributed by atoms with van der Waals surface area (Å²) in [5.74, 6) is 0.105. The molecule has 2 N–H and O–H groups in total. The molecule has 0 bridgehead atoms. The van der Waals surface area contributed by atoms with Gasteiger partial charge >= 0.3 is 0 Å². The van der Waals surface area contributed by atoms with Crippen LogP contribution in [-0.2, 0) is 14.8 Å². The first-order valence-electron chi connectivity index (χ1n) is 7.93. The predicted octanol–water partition coefficient (Wildman–Crippen LogP) is 2.30. The monoisotopic (exact) mass is 397 g/mol. The fraction of sp³-hybridized carbons (Fsp3) is 0.353. The van der Waals surface area contributed by atoms with Crippen LogP contribution in [0.4, 0.5) is 5.69 Å². The molecule has 26 heavy (non-hydrogen) atoms. The van der Waals surface area contributed by atoms with Crippen LogP contribution in [0.25, 0.3) is 0 Å². The summed E-state index contributed by atoms with van der Waals surface area (Å²) in [5.41, 5.74) is 0.311. The number of benzene rings is 1. The number of carbonyl (C=O) groups excluding carboxylic acids is 1. The van der Waals surface area contributed by atoms with Crippen molar-refractivity contribution in [1.29, 1.82) is 0 Å². The molecule has 9 heteroatoms. The van der Waals surface area contributed by atoms with E-state index in [1.807, 2.05) is 24.4 Å². The largest absolute Gasteiger partial charge is 0.495 e. The van der Waals surface area contributed by atoms with E-state index in [4.69, 9.17) is 4.74 Å². The van der Waals surface area contributed by atoms with Crippen molar-refractivity contribution in [2.24, 2.45) is 0 Å². The SMILES string of the molecule is COc1ccc(S(=O)(=O)N(C)C)cc1NC(=O)CN[C@H](C)c1cccs1. The lowest BCUT2D eigenvalue weighted by Crippen LogP contribution is -2.30. The molecule has 1 heterocycles. The second-order valence-corrected chi connectivity index (χ2v) is 8.95. The molecule has 0 saturated carbocycles. The molecule has 0 unspecified atom stereocenters. The topological polar surface area (TPSA) is 87.7 Å². The van der Waals surface area contributed by atoms with Gasteiger partial charge in [0.05, 0.1) is 24.2 Å². The standard InChI is InChI=1S/C17H23N3O4S2/c1-12(16-6-5-9-25-16)18-11-17(21)19-14-10-13(7-8-15(14)24-4)26(22,23)20(2)3/h5-10,12,18H,11H2,1-4H3,(H,19,21)/t12-/m1/s1. The van der Waals surface area contributed by atoms with Crippen molar-refractivity contribution in [2.75, 3.05) is 33.1 Å². The highest BCUT2D eigenvalue weighted by atomic mass is 32.2. The first-order chi connectivity index (χ1) is 12.3. The van der Waals surface area contributed by atoms with Crippen LogP contribution in [0.2, 0.25) is 0 Å². The zero-order valence-electron chi connectivity index (χ0n) is 15.1. The van der Waals surface area contributed by atoms with E-state index < -0.39 is 10.0 Å². The fourth-order valence-corrected chi connectivity index (χ4v) is 3.92. The van der Waals surface area contributed by atoms with Gasteiger partial charge < -0.3 is 15.4 Å².